The minimum Gasteiger partial charge on any atom is -0.454 e. The monoisotopic (exact) mass is 226 g/mol. The van der Waals surface area contributed by atoms with Crippen LogP contribution in [0.4, 0.5) is 0 Å². The number of carbonyl (C=O) groups excluding carboxylic acids is 1. The zero-order valence-corrected chi connectivity index (χ0v) is 10.5. The normalized spacial score (nSPS) is 19.7. The molecule has 93 valence electrons. The number of hydrogen-bond donors (Lipinski definition) is 1. The summed E-state index contributed by atoms with van der Waals surface area (Å²) in [6, 6.07) is 0. The number of piperidine rings is 1. The minimum absolute atomic E-state index is 0.0548. The summed E-state index contributed by atoms with van der Waals surface area (Å²) >= 11 is 0. The van der Waals surface area contributed by atoms with Gasteiger partial charge in [0.05, 0.1) is 0 Å². The summed E-state index contributed by atoms with van der Waals surface area (Å²) < 4.78 is 4.97. The first kappa shape index (κ1) is 13.5. The molecular formula is C13H24NO2. The van der Waals surface area contributed by atoms with Crippen molar-refractivity contribution in [3.8, 4) is 0 Å². The Kier molecular flexibility index (Phi) is 6.46. The molecule has 3 nitrogen and oxygen atoms in total. The molecule has 0 spiro atoms. The molecule has 1 rings (SSSR count). The highest BCUT2D eigenvalue weighted by Gasteiger charge is 2.17. The lowest BCUT2D eigenvalue weighted by molar-refractivity contribution is 0.117. The summed E-state index contributed by atoms with van der Waals surface area (Å²) in [5.74, 6) is 1.27. The van der Waals surface area contributed by atoms with E-state index in [2.05, 4.69) is 19.2 Å². The maximum Gasteiger partial charge on any atom is 0.417 e. The maximum absolute atomic E-state index is 10.2. The molecule has 0 saturated carbocycles. The fraction of sp³-hybridized carbons (Fsp3) is 0.923. The second kappa shape index (κ2) is 7.66. The standard InChI is InChI=1S/C13H24NO2/c1-11(2)13(16-10-15)5-3-4-12-6-8-14-9-7-12/h11-14H,3-9H2,1-2H3. The van der Waals surface area contributed by atoms with E-state index in [0.29, 0.717) is 5.92 Å². The van der Waals surface area contributed by atoms with Crippen LogP contribution < -0.4 is 5.32 Å². The third kappa shape index (κ3) is 4.97. The molecule has 1 N–H and O–H groups in total. The highest BCUT2D eigenvalue weighted by Crippen LogP contribution is 2.21. The fourth-order valence-electron chi connectivity index (χ4n) is 2.37. The van der Waals surface area contributed by atoms with Gasteiger partial charge in [-0.2, -0.15) is 0 Å². The molecule has 0 aromatic heterocycles. The van der Waals surface area contributed by atoms with Gasteiger partial charge in [-0.1, -0.05) is 20.3 Å². The molecule has 1 saturated heterocycles. The van der Waals surface area contributed by atoms with Crippen LogP contribution in [0.25, 0.3) is 0 Å². The van der Waals surface area contributed by atoms with Crippen LogP contribution in [-0.2, 0) is 9.53 Å². The van der Waals surface area contributed by atoms with Gasteiger partial charge in [-0.15, -0.1) is 0 Å². The first-order valence-electron chi connectivity index (χ1n) is 6.47. The summed E-state index contributed by atoms with van der Waals surface area (Å²) in [4.78, 5) is 10.2. The Hall–Kier alpha value is -0.570. The summed E-state index contributed by atoms with van der Waals surface area (Å²) in [7, 11) is 0. The quantitative estimate of drug-likeness (QED) is 0.723. The van der Waals surface area contributed by atoms with E-state index in [1.54, 1.807) is 6.47 Å². The Balaban J connectivity index is 2.13. The molecule has 1 fully saturated rings. The van der Waals surface area contributed by atoms with Crippen LogP contribution in [0.2, 0.25) is 0 Å². The van der Waals surface area contributed by atoms with Gasteiger partial charge in [-0.3, -0.25) is 0 Å². The second-order valence-electron chi connectivity index (χ2n) is 5.11. The van der Waals surface area contributed by atoms with E-state index in [1.807, 2.05) is 0 Å². The zero-order chi connectivity index (χ0) is 11.8. The average molecular weight is 226 g/mol. The van der Waals surface area contributed by atoms with Crippen molar-refractivity contribution in [1.82, 2.24) is 5.32 Å². The summed E-state index contributed by atoms with van der Waals surface area (Å²) in [6.45, 7) is 8.08. The van der Waals surface area contributed by atoms with E-state index in [1.165, 1.54) is 19.3 Å². The van der Waals surface area contributed by atoms with Crippen LogP contribution in [0.3, 0.4) is 0 Å². The molecular weight excluding hydrogens is 202 g/mol. The molecule has 1 heterocycles. The lowest BCUT2D eigenvalue weighted by Gasteiger charge is -2.24. The van der Waals surface area contributed by atoms with E-state index in [0.717, 1.165) is 31.8 Å². The van der Waals surface area contributed by atoms with Crippen LogP contribution in [0.15, 0.2) is 0 Å². The van der Waals surface area contributed by atoms with Gasteiger partial charge in [0, 0.05) is 0 Å². The third-order valence-electron chi connectivity index (χ3n) is 3.50. The lowest BCUT2D eigenvalue weighted by Crippen LogP contribution is -2.28. The van der Waals surface area contributed by atoms with Gasteiger partial charge in [0.25, 0.3) is 0 Å². The molecule has 0 aliphatic carbocycles. The number of hydrogen-bond acceptors (Lipinski definition) is 3. The van der Waals surface area contributed by atoms with Gasteiger partial charge in [0.1, 0.15) is 6.10 Å². The highest BCUT2D eigenvalue weighted by atomic mass is 16.5. The van der Waals surface area contributed by atoms with Crippen molar-refractivity contribution in [3.05, 3.63) is 0 Å². The lowest BCUT2D eigenvalue weighted by atomic mass is 9.91. The van der Waals surface area contributed by atoms with Crippen LogP contribution in [0.1, 0.15) is 46.0 Å². The van der Waals surface area contributed by atoms with Crippen molar-refractivity contribution in [2.75, 3.05) is 13.1 Å². The Morgan fingerprint density at radius 2 is 2.06 bits per heavy atom. The number of ether oxygens (including phenoxy) is 1. The van der Waals surface area contributed by atoms with Crippen molar-refractivity contribution < 1.29 is 9.53 Å². The first-order chi connectivity index (χ1) is 7.74. The van der Waals surface area contributed by atoms with Crippen LogP contribution in [0.5, 0.6) is 0 Å². The van der Waals surface area contributed by atoms with Gasteiger partial charge in [0.15, 0.2) is 0 Å². The summed E-state index contributed by atoms with van der Waals surface area (Å²) in [5.41, 5.74) is 0. The molecule has 0 aromatic carbocycles. The molecule has 1 atom stereocenters. The Bertz CT molecular complexity index is 188. The first-order valence-corrected chi connectivity index (χ1v) is 6.47. The van der Waals surface area contributed by atoms with Gasteiger partial charge in [0.2, 0.25) is 0 Å². The molecule has 3 heteroatoms. The number of rotatable bonds is 7. The van der Waals surface area contributed by atoms with E-state index in [9.17, 15) is 4.79 Å². The van der Waals surface area contributed by atoms with Crippen molar-refractivity contribution in [2.45, 2.75) is 52.1 Å². The molecule has 16 heavy (non-hydrogen) atoms. The molecule has 0 bridgehead atoms. The Labute approximate surface area is 98.9 Å². The van der Waals surface area contributed by atoms with Crippen LogP contribution >= 0.6 is 0 Å². The van der Waals surface area contributed by atoms with E-state index in [4.69, 9.17) is 4.74 Å². The molecule has 1 unspecified atom stereocenters. The Morgan fingerprint density at radius 3 is 2.62 bits per heavy atom. The SMILES string of the molecule is CC(C)C(CCCC1CCNCC1)O[C]=O. The van der Waals surface area contributed by atoms with Gasteiger partial charge in [-0.25, -0.2) is 4.79 Å². The molecule has 1 aliphatic rings. The van der Waals surface area contributed by atoms with Gasteiger partial charge >= 0.3 is 6.47 Å². The highest BCUT2D eigenvalue weighted by molar-refractivity contribution is 5.38. The third-order valence-corrected chi connectivity index (χ3v) is 3.50. The topological polar surface area (TPSA) is 38.3 Å². The zero-order valence-electron chi connectivity index (χ0n) is 10.5. The van der Waals surface area contributed by atoms with Crippen molar-refractivity contribution >= 4 is 6.47 Å². The number of nitrogens with one attached hydrogen (secondary N) is 1. The van der Waals surface area contributed by atoms with Crippen molar-refractivity contribution in [2.24, 2.45) is 11.8 Å². The van der Waals surface area contributed by atoms with Crippen molar-refractivity contribution in [3.63, 3.8) is 0 Å². The predicted octanol–water partition coefficient (Wildman–Crippen LogP) is 2.26. The predicted molar refractivity (Wildman–Crippen MR) is 64.8 cm³/mol. The van der Waals surface area contributed by atoms with Crippen LogP contribution in [0, 0.1) is 11.8 Å². The van der Waals surface area contributed by atoms with Crippen LogP contribution in [-0.4, -0.2) is 25.7 Å². The van der Waals surface area contributed by atoms with E-state index in [-0.39, 0.29) is 6.10 Å². The largest absolute Gasteiger partial charge is 0.454 e. The van der Waals surface area contributed by atoms with E-state index >= 15 is 0 Å². The van der Waals surface area contributed by atoms with Crippen molar-refractivity contribution in [1.29, 1.82) is 0 Å². The molecule has 0 aromatic rings. The van der Waals surface area contributed by atoms with Gasteiger partial charge in [-0.05, 0) is 50.6 Å². The molecule has 0 amide bonds. The maximum atomic E-state index is 10.2. The second-order valence-corrected chi connectivity index (χ2v) is 5.11. The smallest absolute Gasteiger partial charge is 0.417 e. The summed E-state index contributed by atoms with van der Waals surface area (Å²) in [5, 5.41) is 3.38. The average Bonchev–Trinajstić information content (AvgIpc) is 2.29. The van der Waals surface area contributed by atoms with Gasteiger partial charge < -0.3 is 10.1 Å². The van der Waals surface area contributed by atoms with E-state index < -0.39 is 0 Å². The Morgan fingerprint density at radius 1 is 1.38 bits per heavy atom. The fourth-order valence-corrected chi connectivity index (χ4v) is 2.37. The summed E-state index contributed by atoms with van der Waals surface area (Å²) in [6.07, 6.45) is 6.07. The molecule has 1 aliphatic heterocycles. The minimum atomic E-state index is 0.0548. The molecule has 1 radical (unpaired) electrons.